The molecule has 3 rings (SSSR count). The monoisotopic (exact) mass is 620 g/mol. The average molecular weight is 621 g/mol. The van der Waals surface area contributed by atoms with Crippen LogP contribution in [0.5, 0.6) is 0 Å². The van der Waals surface area contributed by atoms with Gasteiger partial charge in [0.15, 0.2) is 0 Å². The smallest absolute Gasteiger partial charge is 0.258 e. The zero-order chi connectivity index (χ0) is 33.2. The Morgan fingerprint density at radius 1 is 0.667 bits per heavy atom. The van der Waals surface area contributed by atoms with E-state index < -0.39 is 42.1 Å². The van der Waals surface area contributed by atoms with E-state index in [1.165, 1.54) is 12.2 Å². The van der Waals surface area contributed by atoms with Crippen LogP contribution in [0.4, 0.5) is 5.69 Å². The SMILES string of the molecule is CC.CCNC(=O)CNC(=O)C(Cc1ccccc1)NC(=O)CNC(=O)CNC(=O)CCc1ccc(N2C(=O)C=CC2=O)cc1. The molecule has 13 nitrogen and oxygen atoms in total. The number of imide groups is 1. The summed E-state index contributed by atoms with van der Waals surface area (Å²) in [6.45, 7) is 5.15. The number of carbonyl (C=O) groups excluding carboxylic acids is 7. The van der Waals surface area contributed by atoms with Gasteiger partial charge in [-0.15, -0.1) is 0 Å². The van der Waals surface area contributed by atoms with Crippen LogP contribution in [0.3, 0.4) is 0 Å². The number of benzene rings is 2. The van der Waals surface area contributed by atoms with Crippen molar-refractivity contribution in [2.24, 2.45) is 0 Å². The fraction of sp³-hybridized carbons (Fsp3) is 0.344. The van der Waals surface area contributed by atoms with Crippen molar-refractivity contribution >= 4 is 47.0 Å². The molecule has 0 saturated carbocycles. The van der Waals surface area contributed by atoms with Crippen LogP contribution >= 0.6 is 0 Å². The van der Waals surface area contributed by atoms with Gasteiger partial charge in [-0.25, -0.2) is 4.90 Å². The largest absolute Gasteiger partial charge is 0.355 e. The van der Waals surface area contributed by atoms with Crippen LogP contribution < -0.4 is 31.5 Å². The van der Waals surface area contributed by atoms with Crippen molar-refractivity contribution < 1.29 is 33.6 Å². The highest BCUT2D eigenvalue weighted by Gasteiger charge is 2.25. The topological polar surface area (TPSA) is 183 Å². The molecular formula is C32H40N6O7. The highest BCUT2D eigenvalue weighted by Crippen LogP contribution is 2.20. The zero-order valence-corrected chi connectivity index (χ0v) is 25.7. The molecule has 1 heterocycles. The number of nitrogens with zero attached hydrogens (tertiary/aromatic N) is 1. The van der Waals surface area contributed by atoms with E-state index >= 15 is 0 Å². The van der Waals surface area contributed by atoms with E-state index in [1.54, 1.807) is 55.5 Å². The lowest BCUT2D eigenvalue weighted by Crippen LogP contribution is -2.52. The van der Waals surface area contributed by atoms with Crippen molar-refractivity contribution in [2.45, 2.75) is 46.1 Å². The molecule has 240 valence electrons. The third kappa shape index (κ3) is 12.4. The van der Waals surface area contributed by atoms with Gasteiger partial charge in [0.25, 0.3) is 11.8 Å². The Hall–Kier alpha value is -5.33. The molecule has 0 aliphatic carbocycles. The van der Waals surface area contributed by atoms with Crippen molar-refractivity contribution in [1.29, 1.82) is 0 Å². The Morgan fingerprint density at radius 2 is 1.22 bits per heavy atom. The number of amides is 7. The molecule has 0 bridgehead atoms. The molecule has 0 fully saturated rings. The van der Waals surface area contributed by atoms with E-state index in [0.717, 1.165) is 16.0 Å². The molecule has 5 N–H and O–H groups in total. The Bertz CT molecular complexity index is 1360. The molecule has 1 aliphatic heterocycles. The van der Waals surface area contributed by atoms with Crippen molar-refractivity contribution in [3.63, 3.8) is 0 Å². The van der Waals surface area contributed by atoms with Gasteiger partial charge in [0.2, 0.25) is 29.5 Å². The van der Waals surface area contributed by atoms with Gasteiger partial charge in [-0.2, -0.15) is 0 Å². The van der Waals surface area contributed by atoms with Gasteiger partial charge in [0, 0.05) is 31.5 Å². The van der Waals surface area contributed by atoms with E-state index in [0.29, 0.717) is 18.7 Å². The van der Waals surface area contributed by atoms with Crippen LogP contribution in [0.15, 0.2) is 66.7 Å². The number of hydrogen-bond donors (Lipinski definition) is 5. The summed E-state index contributed by atoms with van der Waals surface area (Å²) < 4.78 is 0. The van der Waals surface area contributed by atoms with Crippen LogP contribution in [0, 0.1) is 0 Å². The third-order valence-electron chi connectivity index (χ3n) is 6.27. The number of carbonyl (C=O) groups is 7. The summed E-state index contributed by atoms with van der Waals surface area (Å²) in [6, 6.07) is 14.7. The predicted octanol–water partition coefficient (Wildman–Crippen LogP) is 0.287. The summed E-state index contributed by atoms with van der Waals surface area (Å²) in [5.74, 6) is -3.35. The van der Waals surface area contributed by atoms with Crippen LogP contribution in [-0.2, 0) is 46.4 Å². The molecule has 0 spiro atoms. The lowest BCUT2D eigenvalue weighted by atomic mass is 10.1. The third-order valence-corrected chi connectivity index (χ3v) is 6.27. The molecule has 2 aromatic rings. The summed E-state index contributed by atoms with van der Waals surface area (Å²) in [6.07, 6.45) is 3.02. The molecular weight excluding hydrogens is 580 g/mol. The van der Waals surface area contributed by atoms with Gasteiger partial charge in [-0.1, -0.05) is 56.3 Å². The second kappa shape index (κ2) is 19.1. The van der Waals surface area contributed by atoms with Crippen LogP contribution in [0.1, 0.15) is 38.3 Å². The molecule has 1 atom stereocenters. The summed E-state index contributed by atoms with van der Waals surface area (Å²) in [4.78, 5) is 86.0. The van der Waals surface area contributed by atoms with E-state index in [9.17, 15) is 33.6 Å². The first-order valence-corrected chi connectivity index (χ1v) is 14.7. The first kappa shape index (κ1) is 35.9. The van der Waals surface area contributed by atoms with Crippen molar-refractivity contribution in [1.82, 2.24) is 26.6 Å². The summed E-state index contributed by atoms with van der Waals surface area (Å²) in [7, 11) is 0. The van der Waals surface area contributed by atoms with Crippen LogP contribution in [-0.4, -0.2) is 73.6 Å². The van der Waals surface area contributed by atoms with E-state index in [-0.39, 0.29) is 37.7 Å². The fourth-order valence-electron chi connectivity index (χ4n) is 4.09. The molecule has 13 heteroatoms. The maximum Gasteiger partial charge on any atom is 0.258 e. The van der Waals surface area contributed by atoms with Gasteiger partial charge in [0.05, 0.1) is 25.3 Å². The van der Waals surface area contributed by atoms with Crippen LogP contribution in [0.2, 0.25) is 0 Å². The second-order valence-corrected chi connectivity index (χ2v) is 9.55. The lowest BCUT2D eigenvalue weighted by molar-refractivity contribution is -0.131. The van der Waals surface area contributed by atoms with Gasteiger partial charge in [0.1, 0.15) is 6.04 Å². The van der Waals surface area contributed by atoms with Gasteiger partial charge < -0.3 is 26.6 Å². The Morgan fingerprint density at radius 3 is 1.84 bits per heavy atom. The minimum atomic E-state index is -0.983. The molecule has 45 heavy (non-hydrogen) atoms. The fourth-order valence-corrected chi connectivity index (χ4v) is 4.09. The Labute approximate surface area is 262 Å². The molecule has 0 radical (unpaired) electrons. The van der Waals surface area contributed by atoms with E-state index in [2.05, 4.69) is 26.6 Å². The number of nitrogens with one attached hydrogen (secondary N) is 5. The van der Waals surface area contributed by atoms with Gasteiger partial charge in [-0.05, 0) is 36.6 Å². The number of hydrogen-bond acceptors (Lipinski definition) is 7. The number of aryl methyl sites for hydroxylation is 1. The minimum absolute atomic E-state index is 0.0861. The Kier molecular flexibility index (Phi) is 15.2. The maximum atomic E-state index is 12.7. The van der Waals surface area contributed by atoms with E-state index in [1.807, 2.05) is 19.9 Å². The van der Waals surface area contributed by atoms with E-state index in [4.69, 9.17) is 0 Å². The summed E-state index contributed by atoms with van der Waals surface area (Å²) in [5, 5.41) is 12.5. The maximum absolute atomic E-state index is 12.7. The highest BCUT2D eigenvalue weighted by atomic mass is 16.2. The van der Waals surface area contributed by atoms with Crippen LogP contribution in [0.25, 0.3) is 0 Å². The number of likely N-dealkylation sites (N-methyl/N-ethyl adjacent to an activating group) is 1. The molecule has 0 saturated heterocycles. The molecule has 2 aromatic carbocycles. The van der Waals surface area contributed by atoms with Crippen molar-refractivity contribution in [3.8, 4) is 0 Å². The average Bonchev–Trinajstić information content (AvgIpc) is 3.39. The van der Waals surface area contributed by atoms with Crippen molar-refractivity contribution in [2.75, 3.05) is 31.1 Å². The van der Waals surface area contributed by atoms with Gasteiger partial charge in [-0.3, -0.25) is 33.6 Å². The summed E-state index contributed by atoms with van der Waals surface area (Å²) in [5.41, 5.74) is 2.02. The van der Waals surface area contributed by atoms with Gasteiger partial charge >= 0.3 is 0 Å². The number of anilines is 1. The molecule has 7 amide bonds. The zero-order valence-electron chi connectivity index (χ0n) is 25.7. The second-order valence-electron chi connectivity index (χ2n) is 9.55. The van der Waals surface area contributed by atoms with Crippen molar-refractivity contribution in [3.05, 3.63) is 77.9 Å². The summed E-state index contributed by atoms with van der Waals surface area (Å²) >= 11 is 0. The first-order chi connectivity index (χ1) is 21.7. The quantitative estimate of drug-likeness (QED) is 0.177. The lowest BCUT2D eigenvalue weighted by Gasteiger charge is -2.19. The molecule has 1 aliphatic rings. The molecule has 1 unspecified atom stereocenters. The minimum Gasteiger partial charge on any atom is -0.355 e. The first-order valence-electron chi connectivity index (χ1n) is 14.7. The number of rotatable bonds is 15. The normalized spacial score (nSPS) is 12.4. The predicted molar refractivity (Wildman–Crippen MR) is 168 cm³/mol. The highest BCUT2D eigenvalue weighted by molar-refractivity contribution is 6.28. The molecule has 0 aromatic heterocycles. The standard InChI is InChI=1S/C30H34N6O7.C2H6/c1-2-31-25(38)18-34-30(43)23(16-21-6-4-3-5-7-21)35-27(40)19-33-26(39)17-32-24(37)13-10-20-8-11-22(12-9-20)36-28(41)14-15-29(36)42;1-2/h3-9,11-12,14-15,23H,2,10,13,16-19H2,1H3,(H,31,38)(H,32,37)(H,33,39)(H,34,43)(H,35,40);1-2H3. The Balaban J connectivity index is 0.00000345.